The highest BCUT2D eigenvalue weighted by Crippen LogP contribution is 2.27. The predicted molar refractivity (Wildman–Crippen MR) is 66.8 cm³/mol. The molecule has 0 amide bonds. The van der Waals surface area contributed by atoms with Crippen LogP contribution in [0.2, 0.25) is 0 Å². The van der Waals surface area contributed by atoms with E-state index in [1.807, 2.05) is 12.1 Å². The highest BCUT2D eigenvalue weighted by Gasteiger charge is 2.20. The fraction of sp³-hybridized carbons (Fsp3) is 0.571. The Labute approximate surface area is 98.1 Å². The van der Waals surface area contributed by atoms with Gasteiger partial charge in [-0.2, -0.15) is 0 Å². The Bertz CT molecular complexity index is 305. The van der Waals surface area contributed by atoms with Crippen LogP contribution >= 0.6 is 0 Å². The van der Waals surface area contributed by atoms with E-state index in [-0.39, 0.29) is 5.82 Å². The third-order valence-electron chi connectivity index (χ3n) is 3.23. The van der Waals surface area contributed by atoms with E-state index in [4.69, 9.17) is 0 Å². The molecule has 0 aliphatic heterocycles. The first kappa shape index (κ1) is 13.2. The maximum Gasteiger partial charge on any atom is 0.123 e. The summed E-state index contributed by atoms with van der Waals surface area (Å²) in [6.07, 6.45) is 0. The smallest absolute Gasteiger partial charge is 0.123 e. The Morgan fingerprint density at radius 3 is 2.12 bits per heavy atom. The van der Waals surface area contributed by atoms with Crippen LogP contribution in [0.5, 0.6) is 0 Å². The molecular weight excluding hydrogens is 201 g/mol. The number of halogens is 1. The van der Waals surface area contributed by atoms with Crippen LogP contribution in [0, 0.1) is 17.7 Å². The van der Waals surface area contributed by atoms with Gasteiger partial charge in [-0.25, -0.2) is 4.39 Å². The third kappa shape index (κ3) is 3.31. The molecule has 16 heavy (non-hydrogen) atoms. The molecule has 0 heterocycles. The molecule has 1 aromatic carbocycles. The zero-order chi connectivity index (χ0) is 12.1. The minimum absolute atomic E-state index is 0.170. The minimum Gasteiger partial charge on any atom is -0.310 e. The van der Waals surface area contributed by atoms with E-state index < -0.39 is 0 Å². The van der Waals surface area contributed by atoms with Gasteiger partial charge in [-0.3, -0.25) is 0 Å². The number of hydrogen-bond acceptors (Lipinski definition) is 1. The van der Waals surface area contributed by atoms with Gasteiger partial charge in [-0.05, 0) is 36.1 Å². The van der Waals surface area contributed by atoms with Crippen molar-refractivity contribution in [2.24, 2.45) is 11.8 Å². The molecule has 1 N–H and O–H groups in total. The van der Waals surface area contributed by atoms with Crippen molar-refractivity contribution < 1.29 is 4.39 Å². The molecule has 0 radical (unpaired) electrons. The van der Waals surface area contributed by atoms with Gasteiger partial charge < -0.3 is 5.32 Å². The van der Waals surface area contributed by atoms with E-state index in [0.29, 0.717) is 17.9 Å². The van der Waals surface area contributed by atoms with E-state index in [0.717, 1.165) is 6.54 Å². The van der Waals surface area contributed by atoms with Crippen LogP contribution in [0.3, 0.4) is 0 Å². The summed E-state index contributed by atoms with van der Waals surface area (Å²) in [5.41, 5.74) is 1.17. The van der Waals surface area contributed by atoms with E-state index >= 15 is 0 Å². The fourth-order valence-corrected chi connectivity index (χ4v) is 1.88. The van der Waals surface area contributed by atoms with E-state index in [2.05, 4.69) is 33.0 Å². The molecule has 0 spiro atoms. The molecule has 2 atom stereocenters. The first-order valence-corrected chi connectivity index (χ1v) is 6.05. The van der Waals surface area contributed by atoms with Crippen molar-refractivity contribution >= 4 is 0 Å². The van der Waals surface area contributed by atoms with Crippen LogP contribution in [-0.2, 0) is 0 Å². The fourth-order valence-electron chi connectivity index (χ4n) is 1.88. The summed E-state index contributed by atoms with van der Waals surface area (Å²) < 4.78 is 12.9. The van der Waals surface area contributed by atoms with Crippen molar-refractivity contribution in [3.05, 3.63) is 35.6 Å². The highest BCUT2D eigenvalue weighted by atomic mass is 19.1. The second kappa shape index (κ2) is 6.00. The van der Waals surface area contributed by atoms with Gasteiger partial charge >= 0.3 is 0 Å². The summed E-state index contributed by atoms with van der Waals surface area (Å²) in [5.74, 6) is 0.968. The van der Waals surface area contributed by atoms with E-state index in [1.54, 1.807) is 0 Å². The Hall–Kier alpha value is -0.890. The molecule has 1 rings (SSSR count). The normalized spacial score (nSPS) is 15.1. The number of nitrogens with one attached hydrogen (secondary N) is 1. The Balaban J connectivity index is 2.88. The topological polar surface area (TPSA) is 12.0 Å². The average molecular weight is 223 g/mol. The molecule has 0 bridgehead atoms. The summed E-state index contributed by atoms with van der Waals surface area (Å²) in [7, 11) is 0. The van der Waals surface area contributed by atoms with Gasteiger partial charge in [0, 0.05) is 6.04 Å². The quantitative estimate of drug-likeness (QED) is 0.801. The molecular formula is C14H22FN. The Morgan fingerprint density at radius 2 is 1.69 bits per heavy atom. The second-order valence-corrected chi connectivity index (χ2v) is 4.69. The van der Waals surface area contributed by atoms with Gasteiger partial charge in [0.25, 0.3) is 0 Å². The van der Waals surface area contributed by atoms with Gasteiger partial charge in [-0.1, -0.05) is 39.8 Å². The lowest BCUT2D eigenvalue weighted by molar-refractivity contribution is 0.307. The largest absolute Gasteiger partial charge is 0.310 e. The number of rotatable bonds is 5. The molecule has 0 saturated heterocycles. The van der Waals surface area contributed by atoms with Crippen molar-refractivity contribution in [1.82, 2.24) is 5.32 Å². The maximum absolute atomic E-state index is 12.9. The highest BCUT2D eigenvalue weighted by molar-refractivity contribution is 5.20. The molecule has 90 valence electrons. The minimum atomic E-state index is -0.170. The molecule has 0 fully saturated rings. The number of benzene rings is 1. The molecule has 2 heteroatoms. The predicted octanol–water partition coefficient (Wildman–Crippen LogP) is 3.77. The van der Waals surface area contributed by atoms with Crippen molar-refractivity contribution in [2.45, 2.75) is 33.7 Å². The van der Waals surface area contributed by atoms with Crippen molar-refractivity contribution in [1.29, 1.82) is 0 Å². The first-order valence-electron chi connectivity index (χ1n) is 6.05. The van der Waals surface area contributed by atoms with Gasteiger partial charge in [-0.15, -0.1) is 0 Å². The second-order valence-electron chi connectivity index (χ2n) is 4.69. The van der Waals surface area contributed by atoms with Gasteiger partial charge in [0.2, 0.25) is 0 Å². The molecule has 1 aromatic rings. The molecule has 0 aliphatic rings. The van der Waals surface area contributed by atoms with Gasteiger partial charge in [0.05, 0.1) is 0 Å². The van der Waals surface area contributed by atoms with Gasteiger partial charge in [0.15, 0.2) is 0 Å². The summed E-state index contributed by atoms with van der Waals surface area (Å²) >= 11 is 0. The lowest BCUT2D eigenvalue weighted by Crippen LogP contribution is -2.29. The van der Waals surface area contributed by atoms with Crippen molar-refractivity contribution in [3.8, 4) is 0 Å². The first-order chi connectivity index (χ1) is 7.56. The van der Waals surface area contributed by atoms with Crippen LogP contribution in [0.4, 0.5) is 4.39 Å². The summed E-state index contributed by atoms with van der Waals surface area (Å²) in [5, 5.41) is 3.48. The molecule has 2 unspecified atom stereocenters. The zero-order valence-corrected chi connectivity index (χ0v) is 10.6. The molecule has 0 saturated carbocycles. The molecule has 1 nitrogen and oxygen atoms in total. The summed E-state index contributed by atoms with van der Waals surface area (Å²) in [6, 6.07) is 7.13. The van der Waals surface area contributed by atoms with E-state index in [9.17, 15) is 4.39 Å². The van der Waals surface area contributed by atoms with Crippen LogP contribution in [0.1, 0.15) is 39.3 Å². The standard InChI is InChI=1S/C14H22FN/c1-5-16-14(11(4)10(2)3)12-6-8-13(15)9-7-12/h6-11,14,16H,5H2,1-4H3. The van der Waals surface area contributed by atoms with Crippen molar-refractivity contribution in [2.75, 3.05) is 6.54 Å². The summed E-state index contributed by atoms with van der Waals surface area (Å²) in [4.78, 5) is 0. The van der Waals surface area contributed by atoms with E-state index in [1.165, 1.54) is 17.7 Å². The van der Waals surface area contributed by atoms with Crippen LogP contribution < -0.4 is 5.32 Å². The van der Waals surface area contributed by atoms with Crippen LogP contribution in [0.25, 0.3) is 0 Å². The zero-order valence-electron chi connectivity index (χ0n) is 10.6. The van der Waals surface area contributed by atoms with Crippen LogP contribution in [0.15, 0.2) is 24.3 Å². The average Bonchev–Trinajstić information content (AvgIpc) is 2.26. The summed E-state index contributed by atoms with van der Waals surface area (Å²) in [6.45, 7) is 9.71. The molecule has 0 aromatic heterocycles. The SMILES string of the molecule is CCNC(c1ccc(F)cc1)C(C)C(C)C. The monoisotopic (exact) mass is 223 g/mol. The molecule has 0 aliphatic carbocycles. The van der Waals surface area contributed by atoms with Crippen molar-refractivity contribution in [3.63, 3.8) is 0 Å². The van der Waals surface area contributed by atoms with Crippen LogP contribution in [-0.4, -0.2) is 6.54 Å². The lowest BCUT2D eigenvalue weighted by atomic mass is 9.86. The Kier molecular flexibility index (Phi) is 4.94. The maximum atomic E-state index is 12.9. The lowest BCUT2D eigenvalue weighted by Gasteiger charge is -2.28. The Morgan fingerprint density at radius 1 is 1.12 bits per heavy atom. The van der Waals surface area contributed by atoms with Gasteiger partial charge in [0.1, 0.15) is 5.82 Å². The number of hydrogen-bond donors (Lipinski definition) is 1. The third-order valence-corrected chi connectivity index (χ3v) is 3.23.